The van der Waals surface area contributed by atoms with E-state index in [1.54, 1.807) is 0 Å². The number of hydrogen-bond donors (Lipinski definition) is 1. The van der Waals surface area contributed by atoms with Crippen molar-refractivity contribution in [3.63, 3.8) is 0 Å². The fourth-order valence-corrected chi connectivity index (χ4v) is 2.52. The number of benzene rings is 1. The third kappa shape index (κ3) is 3.97. The van der Waals surface area contributed by atoms with Crippen molar-refractivity contribution in [2.24, 2.45) is 0 Å². The van der Waals surface area contributed by atoms with E-state index in [1.807, 2.05) is 18.2 Å². The Morgan fingerprint density at radius 3 is 2.94 bits per heavy atom. The largest absolute Gasteiger partial charge is 0.310 e. The third-order valence-electron chi connectivity index (χ3n) is 2.36. The molecule has 16 heavy (non-hydrogen) atoms. The molecule has 86 valence electrons. The van der Waals surface area contributed by atoms with Crippen LogP contribution in [0.4, 0.5) is 0 Å². The summed E-state index contributed by atoms with van der Waals surface area (Å²) in [5, 5.41) is 4.22. The molecule has 1 atom stereocenters. The van der Waals surface area contributed by atoms with Gasteiger partial charge in [-0.05, 0) is 59.3 Å². The molecule has 1 nitrogen and oxygen atoms in total. The monoisotopic (exact) mass is 347 g/mol. The molecule has 1 unspecified atom stereocenters. The highest BCUT2D eigenvalue weighted by Gasteiger charge is 2.13. The summed E-state index contributed by atoms with van der Waals surface area (Å²) in [7, 11) is 0. The minimum Gasteiger partial charge on any atom is -0.310 e. The summed E-state index contributed by atoms with van der Waals surface area (Å²) in [5.74, 6) is 2.68. The van der Waals surface area contributed by atoms with E-state index in [1.165, 1.54) is 9.13 Å². The molecule has 0 aliphatic carbocycles. The Kier molecular flexibility index (Phi) is 6.18. The molecule has 1 N–H and O–H groups in total. The predicted molar refractivity (Wildman–Crippen MR) is 78.7 cm³/mol. The van der Waals surface area contributed by atoms with E-state index in [9.17, 15) is 0 Å². The Morgan fingerprint density at radius 1 is 1.56 bits per heavy atom. The van der Waals surface area contributed by atoms with Gasteiger partial charge in [-0.1, -0.05) is 18.5 Å². The van der Waals surface area contributed by atoms with Crippen molar-refractivity contribution in [1.82, 2.24) is 5.32 Å². The second-order valence-electron chi connectivity index (χ2n) is 3.52. The molecule has 3 heteroatoms. The highest BCUT2D eigenvalue weighted by molar-refractivity contribution is 14.1. The minimum absolute atomic E-state index is 0.298. The van der Waals surface area contributed by atoms with Crippen LogP contribution >= 0.6 is 34.2 Å². The summed E-state index contributed by atoms with van der Waals surface area (Å²) >= 11 is 8.36. The summed E-state index contributed by atoms with van der Waals surface area (Å²) in [6, 6.07) is 6.27. The Morgan fingerprint density at radius 2 is 2.31 bits per heavy atom. The molecule has 0 heterocycles. The Labute approximate surface area is 116 Å². The van der Waals surface area contributed by atoms with Gasteiger partial charge in [-0.15, -0.1) is 12.3 Å². The second kappa shape index (κ2) is 7.16. The fraction of sp³-hybridized carbons (Fsp3) is 0.385. The Bertz CT molecular complexity index is 384. The van der Waals surface area contributed by atoms with Gasteiger partial charge in [-0.2, -0.15) is 0 Å². The molecule has 0 spiro atoms. The first-order chi connectivity index (χ1) is 7.69. The van der Waals surface area contributed by atoms with E-state index in [0.717, 1.165) is 24.4 Å². The molecule has 0 aliphatic heterocycles. The zero-order valence-electron chi connectivity index (χ0n) is 9.26. The van der Waals surface area contributed by atoms with Crippen molar-refractivity contribution in [1.29, 1.82) is 0 Å². The van der Waals surface area contributed by atoms with Gasteiger partial charge in [0, 0.05) is 21.1 Å². The van der Waals surface area contributed by atoms with Gasteiger partial charge in [-0.25, -0.2) is 0 Å². The van der Waals surface area contributed by atoms with Gasteiger partial charge >= 0.3 is 0 Å². The first-order valence-electron chi connectivity index (χ1n) is 5.30. The van der Waals surface area contributed by atoms with Crippen molar-refractivity contribution in [2.45, 2.75) is 25.8 Å². The quantitative estimate of drug-likeness (QED) is 0.627. The van der Waals surface area contributed by atoms with E-state index < -0.39 is 0 Å². The van der Waals surface area contributed by atoms with Gasteiger partial charge in [0.05, 0.1) is 0 Å². The van der Waals surface area contributed by atoms with Crippen molar-refractivity contribution in [2.75, 3.05) is 6.54 Å². The topological polar surface area (TPSA) is 12.0 Å². The first-order valence-corrected chi connectivity index (χ1v) is 6.76. The van der Waals surface area contributed by atoms with Gasteiger partial charge in [0.2, 0.25) is 0 Å². The Balaban J connectivity index is 2.91. The summed E-state index contributed by atoms with van der Waals surface area (Å²) < 4.78 is 1.23. The molecular weight excluding hydrogens is 333 g/mol. The summed E-state index contributed by atoms with van der Waals surface area (Å²) in [6.45, 7) is 3.03. The molecule has 0 aromatic heterocycles. The zero-order valence-corrected chi connectivity index (χ0v) is 12.2. The van der Waals surface area contributed by atoms with Crippen molar-refractivity contribution >= 4 is 34.2 Å². The van der Waals surface area contributed by atoms with Crippen LogP contribution < -0.4 is 5.32 Å². The molecule has 0 amide bonds. The number of hydrogen-bond acceptors (Lipinski definition) is 1. The average molecular weight is 348 g/mol. The van der Waals surface area contributed by atoms with Crippen LogP contribution in [0.2, 0.25) is 5.02 Å². The average Bonchev–Trinajstić information content (AvgIpc) is 2.28. The SMILES string of the molecule is C#CCCC(NCC)c1cc(Cl)ccc1I. The first kappa shape index (κ1) is 13.8. The van der Waals surface area contributed by atoms with Gasteiger partial charge in [-0.3, -0.25) is 0 Å². The number of halogens is 2. The molecule has 1 aromatic rings. The molecule has 1 aromatic carbocycles. The van der Waals surface area contributed by atoms with Crippen molar-refractivity contribution in [3.8, 4) is 12.3 Å². The van der Waals surface area contributed by atoms with Crippen molar-refractivity contribution < 1.29 is 0 Å². The number of rotatable bonds is 5. The van der Waals surface area contributed by atoms with E-state index in [0.29, 0.717) is 6.04 Å². The molecule has 0 bridgehead atoms. The highest BCUT2D eigenvalue weighted by atomic mass is 127. The van der Waals surface area contributed by atoms with Crippen LogP contribution in [0.15, 0.2) is 18.2 Å². The van der Waals surface area contributed by atoms with Crippen LogP contribution in [0.1, 0.15) is 31.4 Å². The smallest absolute Gasteiger partial charge is 0.0410 e. The van der Waals surface area contributed by atoms with Gasteiger partial charge in [0.25, 0.3) is 0 Å². The molecular formula is C13H15ClIN. The van der Waals surface area contributed by atoms with E-state index in [2.05, 4.69) is 40.8 Å². The van der Waals surface area contributed by atoms with Crippen LogP contribution in [0, 0.1) is 15.9 Å². The number of terminal acetylenes is 1. The standard InChI is InChI=1S/C13H15ClIN/c1-3-5-6-13(16-4-2)11-9-10(14)7-8-12(11)15/h1,7-9,13,16H,4-6H2,2H3. The summed E-state index contributed by atoms with van der Waals surface area (Å²) in [4.78, 5) is 0. The van der Waals surface area contributed by atoms with Crippen LogP contribution in [-0.2, 0) is 0 Å². The zero-order chi connectivity index (χ0) is 12.0. The maximum Gasteiger partial charge on any atom is 0.0410 e. The highest BCUT2D eigenvalue weighted by Crippen LogP contribution is 2.26. The van der Waals surface area contributed by atoms with E-state index in [4.69, 9.17) is 18.0 Å². The molecule has 0 saturated heterocycles. The molecule has 0 fully saturated rings. The van der Waals surface area contributed by atoms with E-state index in [-0.39, 0.29) is 0 Å². The van der Waals surface area contributed by atoms with Gasteiger partial charge in [0.1, 0.15) is 0 Å². The predicted octanol–water partition coefficient (Wildman–Crippen LogP) is 4.01. The summed E-state index contributed by atoms with van der Waals surface area (Å²) in [6.07, 6.45) is 7.04. The lowest BCUT2D eigenvalue weighted by molar-refractivity contribution is 0.521. The third-order valence-corrected chi connectivity index (χ3v) is 3.58. The van der Waals surface area contributed by atoms with Crippen LogP contribution in [0.25, 0.3) is 0 Å². The van der Waals surface area contributed by atoms with Crippen LogP contribution in [-0.4, -0.2) is 6.54 Å². The van der Waals surface area contributed by atoms with E-state index >= 15 is 0 Å². The Hall–Kier alpha value is -0.240. The molecule has 0 saturated carbocycles. The molecule has 0 radical (unpaired) electrons. The lowest BCUT2D eigenvalue weighted by Gasteiger charge is -2.19. The van der Waals surface area contributed by atoms with Crippen LogP contribution in [0.5, 0.6) is 0 Å². The lowest BCUT2D eigenvalue weighted by Crippen LogP contribution is -2.21. The molecule has 1 rings (SSSR count). The summed E-state index contributed by atoms with van der Waals surface area (Å²) in [5.41, 5.74) is 1.24. The van der Waals surface area contributed by atoms with Crippen LogP contribution in [0.3, 0.4) is 0 Å². The lowest BCUT2D eigenvalue weighted by atomic mass is 10.0. The second-order valence-corrected chi connectivity index (χ2v) is 5.12. The van der Waals surface area contributed by atoms with Gasteiger partial charge in [0.15, 0.2) is 0 Å². The number of nitrogens with one attached hydrogen (secondary N) is 1. The minimum atomic E-state index is 0.298. The molecule has 0 aliphatic rings. The maximum atomic E-state index is 6.02. The van der Waals surface area contributed by atoms with Crippen molar-refractivity contribution in [3.05, 3.63) is 32.4 Å². The van der Waals surface area contributed by atoms with Gasteiger partial charge < -0.3 is 5.32 Å². The normalized spacial score (nSPS) is 12.1. The maximum absolute atomic E-state index is 6.02. The fourth-order valence-electron chi connectivity index (χ4n) is 1.62.